The lowest BCUT2D eigenvalue weighted by Gasteiger charge is -2.24. The van der Waals surface area contributed by atoms with E-state index in [-0.39, 0.29) is 12.3 Å². The smallest absolute Gasteiger partial charge is 0.373 e. The number of nitrogen functional groups attached to an aromatic ring is 1. The molecule has 2 atom stereocenters. The molecule has 0 aliphatic carbocycles. The maximum Gasteiger partial charge on any atom is 0.373 e. The van der Waals surface area contributed by atoms with Gasteiger partial charge in [-0.3, -0.25) is 0 Å². The van der Waals surface area contributed by atoms with Crippen LogP contribution in [0.1, 0.15) is 29.0 Å². The molecular weight excluding hydrogens is 647 g/mol. The second kappa shape index (κ2) is 11.2. The number of quaternary nitrogens is 1. The Hall–Kier alpha value is -6.05. The molecule has 2 unspecified atom stereocenters. The third kappa shape index (κ3) is 4.58. The summed E-state index contributed by atoms with van der Waals surface area (Å²) in [6, 6.07) is 53.7. The summed E-state index contributed by atoms with van der Waals surface area (Å²) in [5.74, 6) is 1.05. The molecule has 11 rings (SSSR count). The summed E-state index contributed by atoms with van der Waals surface area (Å²) in [6.45, 7) is 0. The number of hydrogen-bond acceptors (Lipinski definition) is 4. The molecule has 0 saturated heterocycles. The van der Waals surface area contributed by atoms with Gasteiger partial charge in [0.15, 0.2) is 11.7 Å². The second-order valence-electron chi connectivity index (χ2n) is 13.3. The van der Waals surface area contributed by atoms with Gasteiger partial charge in [0.25, 0.3) is 0 Å². The Labute approximate surface area is 296 Å². The average Bonchev–Trinajstić information content (AvgIpc) is 3.88. The van der Waals surface area contributed by atoms with Crippen molar-refractivity contribution in [2.45, 2.75) is 12.3 Å². The van der Waals surface area contributed by atoms with E-state index in [1.54, 1.807) is 0 Å². The van der Waals surface area contributed by atoms with Crippen molar-refractivity contribution in [2.24, 2.45) is 0 Å². The van der Waals surface area contributed by atoms with Crippen LogP contribution in [0.3, 0.4) is 0 Å². The van der Waals surface area contributed by atoms with E-state index >= 15 is 0 Å². The van der Waals surface area contributed by atoms with Crippen molar-refractivity contribution in [3.63, 3.8) is 0 Å². The summed E-state index contributed by atoms with van der Waals surface area (Å²) in [6.07, 6.45) is -0.134. The fraction of sp³-hybridized carbons (Fsp3) is 0.0444. The van der Waals surface area contributed by atoms with Gasteiger partial charge in [-0.25, -0.2) is 5.32 Å². The van der Waals surface area contributed by atoms with Gasteiger partial charge in [-0.1, -0.05) is 103 Å². The van der Waals surface area contributed by atoms with E-state index in [0.29, 0.717) is 0 Å². The zero-order valence-corrected chi connectivity index (χ0v) is 28.2. The summed E-state index contributed by atoms with van der Waals surface area (Å²) in [5, 5.41) is 13.3. The van der Waals surface area contributed by atoms with Crippen LogP contribution in [0.25, 0.3) is 75.2 Å². The fourth-order valence-corrected chi connectivity index (χ4v) is 9.11. The molecule has 7 aromatic carbocycles. The highest BCUT2D eigenvalue weighted by atomic mass is 32.1. The number of hydrogen-bond donors (Lipinski definition) is 3. The van der Waals surface area contributed by atoms with Crippen molar-refractivity contribution in [3.05, 3.63) is 168 Å². The Morgan fingerprint density at radius 1 is 0.549 bits per heavy atom. The van der Waals surface area contributed by atoms with Gasteiger partial charge in [-0.2, -0.15) is 10.3 Å². The molecule has 5 nitrogen and oxygen atoms in total. The normalized spacial score (nSPS) is 16.6. The number of benzene rings is 7. The van der Waals surface area contributed by atoms with E-state index in [0.717, 1.165) is 66.4 Å². The van der Waals surface area contributed by atoms with Crippen molar-refractivity contribution in [3.8, 4) is 11.1 Å². The van der Waals surface area contributed by atoms with Crippen molar-refractivity contribution >= 4 is 81.2 Å². The molecule has 1 aliphatic rings. The summed E-state index contributed by atoms with van der Waals surface area (Å²) in [4.78, 5) is 3.92. The van der Waals surface area contributed by atoms with Crippen LogP contribution in [-0.4, -0.2) is 5.84 Å². The fourth-order valence-electron chi connectivity index (χ4n) is 7.97. The third-order valence-corrected chi connectivity index (χ3v) is 11.5. The van der Waals surface area contributed by atoms with Crippen molar-refractivity contribution in [1.29, 1.82) is 0 Å². The molecule has 242 valence electrons. The lowest BCUT2D eigenvalue weighted by Crippen LogP contribution is -3.07. The van der Waals surface area contributed by atoms with Crippen LogP contribution in [0.15, 0.2) is 160 Å². The molecule has 0 spiro atoms. The number of nitrogens with one attached hydrogen (secondary N) is 2. The lowest BCUT2D eigenvalue weighted by atomic mass is 10.0. The zero-order valence-electron chi connectivity index (χ0n) is 27.4. The first-order valence-electron chi connectivity index (χ1n) is 17.3. The first-order chi connectivity index (χ1) is 25.2. The van der Waals surface area contributed by atoms with Crippen LogP contribution in [0.2, 0.25) is 0 Å². The van der Waals surface area contributed by atoms with Gasteiger partial charge in [-0.05, 0) is 59.7 Å². The largest absolute Gasteiger partial charge is 0.456 e. The maximum absolute atomic E-state index is 6.82. The van der Waals surface area contributed by atoms with Crippen molar-refractivity contribution < 1.29 is 19.1 Å². The van der Waals surface area contributed by atoms with Crippen molar-refractivity contribution in [2.75, 3.05) is 0 Å². The summed E-state index contributed by atoms with van der Waals surface area (Å²) >= 11 is 1.85. The third-order valence-electron chi connectivity index (χ3n) is 10.4. The van der Waals surface area contributed by atoms with E-state index in [1.807, 2.05) is 23.5 Å². The molecule has 3 aromatic heterocycles. The first-order valence-corrected chi connectivity index (χ1v) is 18.1. The maximum atomic E-state index is 6.82. The quantitative estimate of drug-likeness (QED) is 0.174. The molecule has 1 aliphatic heterocycles. The Bertz CT molecular complexity index is 3010. The van der Waals surface area contributed by atoms with Gasteiger partial charge < -0.3 is 8.83 Å². The highest BCUT2D eigenvalue weighted by molar-refractivity contribution is 7.25. The number of fused-ring (bicyclic) bond motifs is 9. The van der Waals surface area contributed by atoms with E-state index in [4.69, 9.17) is 8.83 Å². The van der Waals surface area contributed by atoms with Crippen LogP contribution in [0.5, 0.6) is 0 Å². The molecule has 0 fully saturated rings. The number of thiophene rings is 1. The Balaban J connectivity index is 1.06. The van der Waals surface area contributed by atoms with Crippen LogP contribution in [0, 0.1) is 0 Å². The van der Waals surface area contributed by atoms with Crippen LogP contribution >= 0.6 is 11.3 Å². The Morgan fingerprint density at radius 3 is 2.22 bits per heavy atom. The zero-order chi connectivity index (χ0) is 33.5. The monoisotopic (exact) mass is 677 g/mol. The van der Waals surface area contributed by atoms with E-state index < -0.39 is 0 Å². The highest BCUT2D eigenvalue weighted by Crippen LogP contribution is 2.38. The van der Waals surface area contributed by atoms with Gasteiger partial charge in [0.05, 0.1) is 0 Å². The molecular formula is C45H31N3O2S+2. The number of amidine groups is 1. The van der Waals surface area contributed by atoms with E-state index in [1.165, 1.54) is 31.3 Å². The minimum absolute atomic E-state index is 0.00670. The van der Waals surface area contributed by atoms with E-state index in [2.05, 4.69) is 155 Å². The number of para-hydroxylation sites is 2. The molecule has 0 saturated carbocycles. The van der Waals surface area contributed by atoms with Gasteiger partial charge in [0.2, 0.25) is 6.17 Å². The minimum Gasteiger partial charge on any atom is -0.456 e. The topological polar surface area (TPSA) is 68.9 Å². The van der Waals surface area contributed by atoms with Crippen LogP contribution in [-0.2, 0) is 0 Å². The molecule has 6 heteroatoms. The Kier molecular flexibility index (Phi) is 6.33. The van der Waals surface area contributed by atoms with E-state index in [9.17, 15) is 0 Å². The number of furan rings is 2. The van der Waals surface area contributed by atoms with Crippen LogP contribution < -0.4 is 15.6 Å². The van der Waals surface area contributed by atoms with Gasteiger partial charge in [0, 0.05) is 52.8 Å². The minimum atomic E-state index is -0.128. The Morgan fingerprint density at radius 2 is 1.27 bits per heavy atom. The molecule has 0 radical (unpaired) electrons. The predicted octanol–water partition coefficient (Wildman–Crippen LogP) is 8.91. The van der Waals surface area contributed by atoms with Gasteiger partial charge in [0.1, 0.15) is 22.3 Å². The summed E-state index contributed by atoms with van der Waals surface area (Å²) in [7, 11) is 0. The number of rotatable bonds is 4. The van der Waals surface area contributed by atoms with Gasteiger partial charge >= 0.3 is 5.84 Å². The van der Waals surface area contributed by atoms with Crippen molar-refractivity contribution in [1.82, 2.24) is 5.32 Å². The summed E-state index contributed by atoms with van der Waals surface area (Å²) < 4.78 is 15.5. The molecule has 0 amide bonds. The second-order valence-corrected chi connectivity index (χ2v) is 14.4. The SMILES string of the molecule is c1ccc(C2NC(c3cccc4sc5ccccc5c34)[NH+]=C(c3cccc4c3oc3cc(-c5ccc6oc7ccccc7c6c5)ccc34)[NH2+]2)cc1. The standard InChI is InChI=1S/C45H29N3O2S/c1-2-10-26(11-3-1)43-46-44(33-15-9-19-40-41(33)32-13-5-7-18-39(32)51-40)48-45(47-43)34-16-8-14-31-30-22-20-28(25-38(30)50-42(31)34)27-21-23-37-35(24-27)29-12-4-6-17-36(29)49-37/h1-25,43-44,46H,(H,47,48)/p+2. The number of nitrogens with two attached hydrogens (primary N) is 1. The molecule has 4 N–H and O–H groups in total. The molecule has 51 heavy (non-hydrogen) atoms. The predicted molar refractivity (Wildman–Crippen MR) is 208 cm³/mol. The van der Waals surface area contributed by atoms with Crippen LogP contribution in [0.4, 0.5) is 0 Å². The first kappa shape index (κ1) is 28.8. The lowest BCUT2D eigenvalue weighted by molar-refractivity contribution is -0.701. The van der Waals surface area contributed by atoms with Gasteiger partial charge in [-0.15, -0.1) is 11.3 Å². The molecule has 4 heterocycles. The highest BCUT2D eigenvalue weighted by Gasteiger charge is 2.37. The average molecular weight is 678 g/mol. The molecule has 10 aromatic rings. The summed E-state index contributed by atoms with van der Waals surface area (Å²) in [5.41, 5.74) is 9.28. The molecule has 0 bridgehead atoms.